The number of fused-ring (bicyclic) bond motifs is 2. The fourth-order valence-corrected chi connectivity index (χ4v) is 4.88. The van der Waals surface area contributed by atoms with E-state index in [2.05, 4.69) is 55.2 Å². The molecule has 0 bridgehead atoms. The standard InChI is InChI=1S/C15H17N3O.C9H13N3O3S/c1-19-15-16-9-13-11-18(8-7-14(13)17-15)10-12-5-3-2-4-6-12;1-15-9-10-5-7-6-12(16(2,13)14)4-3-8(7)11-9/h2-6,9H,7-8,10-11H2,1H3;5H,3-4,6H2,1-2H3. The van der Waals surface area contributed by atoms with Gasteiger partial charge in [0.05, 0.1) is 31.9 Å². The van der Waals surface area contributed by atoms with Crippen molar-refractivity contribution in [3.8, 4) is 12.0 Å². The van der Waals surface area contributed by atoms with Gasteiger partial charge < -0.3 is 9.47 Å². The third kappa shape index (κ3) is 6.50. The second-order valence-corrected chi connectivity index (χ2v) is 10.4. The van der Waals surface area contributed by atoms with E-state index in [4.69, 9.17) is 9.47 Å². The summed E-state index contributed by atoms with van der Waals surface area (Å²) < 4.78 is 34.2. The van der Waals surface area contributed by atoms with Gasteiger partial charge in [-0.1, -0.05) is 30.3 Å². The Balaban J connectivity index is 0.000000168. The zero-order chi connectivity index (χ0) is 24.8. The van der Waals surface area contributed by atoms with Crippen molar-refractivity contribution >= 4 is 10.0 Å². The van der Waals surface area contributed by atoms with Crippen LogP contribution in [0.5, 0.6) is 12.0 Å². The third-order valence-electron chi connectivity index (χ3n) is 5.95. The van der Waals surface area contributed by atoms with E-state index in [1.165, 1.54) is 28.8 Å². The van der Waals surface area contributed by atoms with E-state index in [9.17, 15) is 8.42 Å². The molecule has 186 valence electrons. The highest BCUT2D eigenvalue weighted by Gasteiger charge is 2.24. The number of hydrogen-bond donors (Lipinski definition) is 0. The molecule has 4 heterocycles. The molecule has 2 aliphatic heterocycles. The van der Waals surface area contributed by atoms with Gasteiger partial charge >= 0.3 is 12.0 Å². The Bertz CT molecular complexity index is 1260. The molecule has 0 spiro atoms. The lowest BCUT2D eigenvalue weighted by molar-refractivity contribution is 0.241. The van der Waals surface area contributed by atoms with E-state index >= 15 is 0 Å². The second-order valence-electron chi connectivity index (χ2n) is 8.45. The maximum atomic E-state index is 11.4. The number of sulfonamides is 1. The van der Waals surface area contributed by atoms with Gasteiger partial charge in [-0.05, 0) is 5.56 Å². The highest BCUT2D eigenvalue weighted by atomic mass is 32.2. The SMILES string of the molecule is COc1ncc2c(n1)CCN(Cc1ccccc1)C2.COc1ncc2c(n1)CCN(S(C)(=O)=O)C2. The van der Waals surface area contributed by atoms with Gasteiger partial charge in [0.15, 0.2) is 0 Å². The van der Waals surface area contributed by atoms with E-state index in [1.807, 2.05) is 6.20 Å². The van der Waals surface area contributed by atoms with Crippen molar-refractivity contribution in [2.75, 3.05) is 33.6 Å². The van der Waals surface area contributed by atoms with Crippen molar-refractivity contribution in [1.29, 1.82) is 0 Å². The monoisotopic (exact) mass is 498 g/mol. The van der Waals surface area contributed by atoms with Crippen LogP contribution in [0.2, 0.25) is 0 Å². The summed E-state index contributed by atoms with van der Waals surface area (Å²) in [7, 11) is -0.0270. The summed E-state index contributed by atoms with van der Waals surface area (Å²) in [4.78, 5) is 19.2. The van der Waals surface area contributed by atoms with Gasteiger partial charge in [0.2, 0.25) is 10.0 Å². The minimum atomic E-state index is -3.14. The van der Waals surface area contributed by atoms with Gasteiger partial charge in [-0.25, -0.2) is 18.4 Å². The summed E-state index contributed by atoms with van der Waals surface area (Å²) in [6.45, 7) is 3.73. The Labute approximate surface area is 206 Å². The van der Waals surface area contributed by atoms with E-state index in [1.54, 1.807) is 13.3 Å². The van der Waals surface area contributed by atoms with E-state index in [0.717, 1.165) is 43.0 Å². The molecule has 0 radical (unpaired) electrons. The maximum absolute atomic E-state index is 11.4. The molecule has 0 saturated heterocycles. The molecular formula is C24H30N6O4S. The Hall–Kier alpha value is -3.15. The third-order valence-corrected chi connectivity index (χ3v) is 7.20. The van der Waals surface area contributed by atoms with E-state index in [-0.39, 0.29) is 0 Å². The van der Waals surface area contributed by atoms with E-state index in [0.29, 0.717) is 31.5 Å². The lowest BCUT2D eigenvalue weighted by atomic mass is 10.1. The predicted molar refractivity (Wildman–Crippen MR) is 130 cm³/mol. The van der Waals surface area contributed by atoms with Crippen molar-refractivity contribution in [3.63, 3.8) is 0 Å². The first-order chi connectivity index (χ1) is 16.9. The fraction of sp³-hybridized carbons (Fsp3) is 0.417. The molecular weight excluding hydrogens is 468 g/mol. The van der Waals surface area contributed by atoms with Crippen molar-refractivity contribution in [3.05, 3.63) is 70.8 Å². The van der Waals surface area contributed by atoms with Crippen LogP contribution in [-0.2, 0) is 42.5 Å². The van der Waals surface area contributed by atoms with Crippen LogP contribution in [0.25, 0.3) is 0 Å². The molecule has 0 amide bonds. The average molecular weight is 499 g/mol. The molecule has 0 atom stereocenters. The van der Waals surface area contributed by atoms with E-state index < -0.39 is 10.0 Å². The minimum absolute atomic E-state index is 0.326. The summed E-state index contributed by atoms with van der Waals surface area (Å²) in [6.07, 6.45) is 6.28. The number of nitrogens with zero attached hydrogens (tertiary/aromatic N) is 6. The van der Waals surface area contributed by atoms with Crippen LogP contribution in [0.15, 0.2) is 42.7 Å². The second kappa shape index (κ2) is 11.1. The molecule has 0 fully saturated rings. The van der Waals surface area contributed by atoms with Gasteiger partial charge in [0, 0.05) is 69.1 Å². The largest absolute Gasteiger partial charge is 0.467 e. The summed E-state index contributed by atoms with van der Waals surface area (Å²) in [6, 6.07) is 11.3. The summed E-state index contributed by atoms with van der Waals surface area (Å²) in [5, 5.41) is 0. The smallest absolute Gasteiger partial charge is 0.316 e. The first-order valence-electron chi connectivity index (χ1n) is 11.3. The van der Waals surface area contributed by atoms with Crippen molar-refractivity contribution in [2.24, 2.45) is 0 Å². The Morgan fingerprint density at radius 1 is 0.857 bits per heavy atom. The number of methoxy groups -OCH3 is 2. The zero-order valence-electron chi connectivity index (χ0n) is 20.2. The van der Waals surface area contributed by atoms with Crippen LogP contribution < -0.4 is 9.47 Å². The topological polar surface area (TPSA) is 111 Å². The molecule has 5 rings (SSSR count). The first kappa shape index (κ1) is 25.0. The van der Waals surface area contributed by atoms with Crippen molar-refractivity contribution < 1.29 is 17.9 Å². The molecule has 0 aliphatic carbocycles. The lowest BCUT2D eigenvalue weighted by Crippen LogP contribution is -2.35. The zero-order valence-corrected chi connectivity index (χ0v) is 21.0. The van der Waals surface area contributed by atoms with Crippen LogP contribution in [0, 0.1) is 0 Å². The normalized spacial score (nSPS) is 15.9. The molecule has 35 heavy (non-hydrogen) atoms. The molecule has 3 aromatic rings. The highest BCUT2D eigenvalue weighted by molar-refractivity contribution is 7.88. The summed E-state index contributed by atoms with van der Waals surface area (Å²) in [5.74, 6) is 0. The number of ether oxygens (including phenoxy) is 2. The Morgan fingerprint density at radius 3 is 2.00 bits per heavy atom. The van der Waals surface area contributed by atoms with Crippen LogP contribution in [-0.4, -0.2) is 71.1 Å². The van der Waals surface area contributed by atoms with Gasteiger partial charge in [0.25, 0.3) is 0 Å². The van der Waals surface area contributed by atoms with Crippen molar-refractivity contribution in [2.45, 2.75) is 32.5 Å². The molecule has 0 unspecified atom stereocenters. The molecule has 2 aromatic heterocycles. The highest BCUT2D eigenvalue weighted by Crippen LogP contribution is 2.21. The average Bonchev–Trinajstić information content (AvgIpc) is 2.88. The first-order valence-corrected chi connectivity index (χ1v) is 13.2. The lowest BCUT2D eigenvalue weighted by Gasteiger charge is -2.27. The predicted octanol–water partition coefficient (Wildman–Crippen LogP) is 1.85. The molecule has 1 aromatic carbocycles. The minimum Gasteiger partial charge on any atom is -0.467 e. The maximum Gasteiger partial charge on any atom is 0.316 e. The Kier molecular flexibility index (Phi) is 7.89. The van der Waals surface area contributed by atoms with Gasteiger partial charge in [-0.2, -0.15) is 14.3 Å². The molecule has 2 aliphatic rings. The summed E-state index contributed by atoms with van der Waals surface area (Å²) >= 11 is 0. The molecule has 0 saturated carbocycles. The van der Waals surface area contributed by atoms with Crippen LogP contribution in [0.3, 0.4) is 0 Å². The van der Waals surface area contributed by atoms with Crippen LogP contribution in [0.4, 0.5) is 0 Å². The summed E-state index contributed by atoms with van der Waals surface area (Å²) in [5.41, 5.74) is 5.39. The van der Waals surface area contributed by atoms with Gasteiger partial charge in [-0.15, -0.1) is 0 Å². The van der Waals surface area contributed by atoms with Crippen LogP contribution >= 0.6 is 0 Å². The van der Waals surface area contributed by atoms with Crippen molar-refractivity contribution in [1.82, 2.24) is 29.1 Å². The fourth-order valence-electron chi connectivity index (χ4n) is 4.08. The quantitative estimate of drug-likeness (QED) is 0.520. The number of aromatic nitrogens is 4. The van der Waals surface area contributed by atoms with Gasteiger partial charge in [0.1, 0.15) is 0 Å². The molecule has 10 nitrogen and oxygen atoms in total. The van der Waals surface area contributed by atoms with Gasteiger partial charge in [-0.3, -0.25) is 4.90 Å². The van der Waals surface area contributed by atoms with Crippen LogP contribution in [0.1, 0.15) is 28.1 Å². The number of benzene rings is 1. The molecule has 0 N–H and O–H groups in total. The number of hydrogen-bond acceptors (Lipinski definition) is 9. The number of rotatable bonds is 5. The molecule has 11 heteroatoms. The Morgan fingerprint density at radius 2 is 1.43 bits per heavy atom.